The molecule has 1 aromatic carbocycles. The molecule has 8 heteroatoms. The van der Waals surface area contributed by atoms with Crippen molar-refractivity contribution >= 4 is 35.8 Å². The molecule has 2 heterocycles. The first-order valence-electron chi connectivity index (χ1n) is 7.81. The molecule has 0 spiro atoms. The summed E-state index contributed by atoms with van der Waals surface area (Å²) >= 11 is 5.84. The highest BCUT2D eigenvalue weighted by molar-refractivity contribution is 6.30. The van der Waals surface area contributed by atoms with Crippen molar-refractivity contribution in [2.24, 2.45) is 0 Å². The van der Waals surface area contributed by atoms with Crippen LogP contribution in [0.1, 0.15) is 10.4 Å². The lowest BCUT2D eigenvalue weighted by atomic mass is 10.1. The molecule has 2 fully saturated rings. The van der Waals surface area contributed by atoms with Gasteiger partial charge in [-0.15, -0.1) is 12.4 Å². The van der Waals surface area contributed by atoms with E-state index in [-0.39, 0.29) is 24.2 Å². The predicted molar refractivity (Wildman–Crippen MR) is 93.8 cm³/mol. The Balaban J connectivity index is 0.00000208. The van der Waals surface area contributed by atoms with Crippen molar-refractivity contribution < 1.29 is 14.3 Å². The Kier molecular flexibility index (Phi) is 6.86. The normalized spacial score (nSPS) is 21.1. The SMILES string of the molecule is Cl.O=C(c1ccc(Cl)cc1)N1CCN(C(=O)C2CNCCO2)CC1. The summed E-state index contributed by atoms with van der Waals surface area (Å²) in [6.45, 7) is 4.05. The highest BCUT2D eigenvalue weighted by Crippen LogP contribution is 2.14. The molecular weight excluding hydrogens is 353 g/mol. The topological polar surface area (TPSA) is 61.9 Å². The zero-order valence-corrected chi connectivity index (χ0v) is 14.8. The number of halogens is 2. The minimum Gasteiger partial charge on any atom is -0.366 e. The molecule has 0 saturated carbocycles. The Hall–Kier alpha value is -1.34. The van der Waals surface area contributed by atoms with E-state index < -0.39 is 6.10 Å². The summed E-state index contributed by atoms with van der Waals surface area (Å²) in [5, 5.41) is 3.77. The number of carbonyl (C=O) groups excluding carboxylic acids is 2. The quantitative estimate of drug-likeness (QED) is 0.840. The van der Waals surface area contributed by atoms with Gasteiger partial charge in [-0.25, -0.2) is 0 Å². The Morgan fingerprint density at radius 2 is 1.71 bits per heavy atom. The number of benzene rings is 1. The van der Waals surface area contributed by atoms with E-state index in [1.165, 1.54) is 0 Å². The molecule has 6 nitrogen and oxygen atoms in total. The number of ether oxygens (including phenoxy) is 1. The fourth-order valence-electron chi connectivity index (χ4n) is 2.83. The predicted octanol–water partition coefficient (Wildman–Crippen LogP) is 1.03. The Labute approximate surface area is 152 Å². The van der Waals surface area contributed by atoms with Crippen molar-refractivity contribution in [2.75, 3.05) is 45.9 Å². The van der Waals surface area contributed by atoms with E-state index in [1.54, 1.807) is 34.1 Å². The smallest absolute Gasteiger partial charge is 0.253 e. The van der Waals surface area contributed by atoms with Crippen LogP contribution in [0.2, 0.25) is 5.02 Å². The minimum absolute atomic E-state index is 0. The summed E-state index contributed by atoms with van der Waals surface area (Å²) in [5.74, 6) is -0.0138. The van der Waals surface area contributed by atoms with Gasteiger partial charge < -0.3 is 19.9 Å². The summed E-state index contributed by atoms with van der Waals surface area (Å²) in [5.41, 5.74) is 0.619. The summed E-state index contributed by atoms with van der Waals surface area (Å²) < 4.78 is 5.50. The van der Waals surface area contributed by atoms with E-state index in [9.17, 15) is 9.59 Å². The van der Waals surface area contributed by atoms with Crippen LogP contribution in [0.4, 0.5) is 0 Å². The molecule has 2 aliphatic rings. The van der Waals surface area contributed by atoms with Gasteiger partial charge in [0.1, 0.15) is 6.10 Å². The van der Waals surface area contributed by atoms with Crippen LogP contribution in [0.3, 0.4) is 0 Å². The van der Waals surface area contributed by atoms with Crippen LogP contribution in [-0.2, 0) is 9.53 Å². The second-order valence-electron chi connectivity index (χ2n) is 5.69. The van der Waals surface area contributed by atoms with Gasteiger partial charge in [-0.1, -0.05) is 11.6 Å². The lowest BCUT2D eigenvalue weighted by Gasteiger charge is -2.37. The van der Waals surface area contributed by atoms with Gasteiger partial charge in [-0.2, -0.15) is 0 Å². The van der Waals surface area contributed by atoms with E-state index in [4.69, 9.17) is 16.3 Å². The third-order valence-electron chi connectivity index (χ3n) is 4.17. The van der Waals surface area contributed by atoms with Crippen LogP contribution in [-0.4, -0.2) is 73.6 Å². The second kappa shape index (κ2) is 8.67. The average Bonchev–Trinajstić information content (AvgIpc) is 2.62. The Bertz CT molecular complexity index is 568. The first-order chi connectivity index (χ1) is 11.1. The zero-order valence-electron chi connectivity index (χ0n) is 13.2. The van der Waals surface area contributed by atoms with Gasteiger partial charge in [0.05, 0.1) is 6.61 Å². The van der Waals surface area contributed by atoms with E-state index >= 15 is 0 Å². The summed E-state index contributed by atoms with van der Waals surface area (Å²) in [6.07, 6.45) is -0.401. The number of piperazine rings is 1. The van der Waals surface area contributed by atoms with E-state index in [0.717, 1.165) is 6.54 Å². The molecular formula is C16H21Cl2N3O3. The van der Waals surface area contributed by atoms with Crippen LogP contribution in [0.5, 0.6) is 0 Å². The maximum absolute atomic E-state index is 12.4. The fraction of sp³-hybridized carbons (Fsp3) is 0.500. The third kappa shape index (κ3) is 4.39. The summed E-state index contributed by atoms with van der Waals surface area (Å²) in [4.78, 5) is 28.4. The monoisotopic (exact) mass is 373 g/mol. The van der Waals surface area contributed by atoms with Crippen LogP contribution in [0.15, 0.2) is 24.3 Å². The minimum atomic E-state index is -0.401. The van der Waals surface area contributed by atoms with Crippen LogP contribution < -0.4 is 5.32 Å². The average molecular weight is 374 g/mol. The van der Waals surface area contributed by atoms with Gasteiger partial charge in [-0.3, -0.25) is 9.59 Å². The molecule has 24 heavy (non-hydrogen) atoms. The van der Waals surface area contributed by atoms with Gasteiger partial charge in [0.25, 0.3) is 11.8 Å². The number of amides is 2. The maximum atomic E-state index is 12.4. The van der Waals surface area contributed by atoms with Crippen LogP contribution >= 0.6 is 24.0 Å². The van der Waals surface area contributed by atoms with E-state index in [0.29, 0.717) is 49.9 Å². The maximum Gasteiger partial charge on any atom is 0.253 e. The van der Waals surface area contributed by atoms with E-state index in [2.05, 4.69) is 5.32 Å². The molecule has 2 amide bonds. The molecule has 2 saturated heterocycles. The lowest BCUT2D eigenvalue weighted by molar-refractivity contribution is -0.146. The van der Waals surface area contributed by atoms with Crippen LogP contribution in [0.25, 0.3) is 0 Å². The number of nitrogens with zero attached hydrogens (tertiary/aromatic N) is 2. The van der Waals surface area contributed by atoms with Crippen molar-refractivity contribution in [3.63, 3.8) is 0 Å². The third-order valence-corrected chi connectivity index (χ3v) is 4.42. The number of morpholine rings is 1. The highest BCUT2D eigenvalue weighted by Gasteiger charge is 2.30. The zero-order chi connectivity index (χ0) is 16.2. The molecule has 132 valence electrons. The molecule has 1 aromatic rings. The van der Waals surface area contributed by atoms with Crippen molar-refractivity contribution in [2.45, 2.75) is 6.10 Å². The number of carbonyl (C=O) groups is 2. The fourth-order valence-corrected chi connectivity index (χ4v) is 2.96. The lowest BCUT2D eigenvalue weighted by Crippen LogP contribution is -2.56. The molecule has 2 aliphatic heterocycles. The molecule has 1 unspecified atom stereocenters. The van der Waals surface area contributed by atoms with E-state index in [1.807, 2.05) is 0 Å². The largest absolute Gasteiger partial charge is 0.366 e. The molecule has 0 bridgehead atoms. The van der Waals surface area contributed by atoms with Gasteiger partial charge in [0, 0.05) is 49.9 Å². The summed E-state index contributed by atoms with van der Waals surface area (Å²) in [6, 6.07) is 6.87. The second-order valence-corrected chi connectivity index (χ2v) is 6.12. The van der Waals surface area contributed by atoms with Gasteiger partial charge in [0.2, 0.25) is 0 Å². The number of rotatable bonds is 2. The number of nitrogens with one attached hydrogen (secondary N) is 1. The van der Waals surface area contributed by atoms with Gasteiger partial charge in [-0.05, 0) is 24.3 Å². The molecule has 0 aromatic heterocycles. The molecule has 0 radical (unpaired) electrons. The molecule has 3 rings (SSSR count). The van der Waals surface area contributed by atoms with Crippen molar-refractivity contribution in [3.8, 4) is 0 Å². The van der Waals surface area contributed by atoms with Crippen molar-refractivity contribution in [1.82, 2.24) is 15.1 Å². The molecule has 0 aliphatic carbocycles. The highest BCUT2D eigenvalue weighted by atomic mass is 35.5. The first kappa shape index (κ1) is 19.0. The van der Waals surface area contributed by atoms with Crippen molar-refractivity contribution in [3.05, 3.63) is 34.9 Å². The van der Waals surface area contributed by atoms with Gasteiger partial charge >= 0.3 is 0 Å². The first-order valence-corrected chi connectivity index (χ1v) is 8.19. The van der Waals surface area contributed by atoms with Crippen LogP contribution in [0, 0.1) is 0 Å². The standard InChI is InChI=1S/C16H20ClN3O3.ClH/c17-13-3-1-12(2-4-13)15(21)19-6-8-20(9-7-19)16(22)14-11-18-5-10-23-14;/h1-4,14,18H,5-11H2;1H. The number of hydrogen-bond acceptors (Lipinski definition) is 4. The van der Waals surface area contributed by atoms with Crippen molar-refractivity contribution in [1.29, 1.82) is 0 Å². The Morgan fingerprint density at radius 1 is 1.08 bits per heavy atom. The molecule has 1 N–H and O–H groups in total. The summed E-state index contributed by atoms with van der Waals surface area (Å²) in [7, 11) is 0. The van der Waals surface area contributed by atoms with Gasteiger partial charge in [0.15, 0.2) is 0 Å². The Morgan fingerprint density at radius 3 is 2.29 bits per heavy atom. The molecule has 1 atom stereocenters. The number of hydrogen-bond donors (Lipinski definition) is 1.